The summed E-state index contributed by atoms with van der Waals surface area (Å²) in [5.41, 5.74) is 2.43. The van der Waals surface area contributed by atoms with Crippen LogP contribution in [0.3, 0.4) is 0 Å². The summed E-state index contributed by atoms with van der Waals surface area (Å²) in [5.74, 6) is 0. The molecule has 3 aromatic rings. The van der Waals surface area contributed by atoms with E-state index in [9.17, 15) is 10.0 Å². The van der Waals surface area contributed by atoms with Gasteiger partial charge in [-0.1, -0.05) is 81.4 Å². The van der Waals surface area contributed by atoms with Crippen LogP contribution in [0.4, 0.5) is 0 Å². The van der Waals surface area contributed by atoms with E-state index in [0.717, 1.165) is 24.0 Å². The zero-order valence-electron chi connectivity index (χ0n) is 17.7. The largest absolute Gasteiger partial charge is 0.490 e. The number of rotatable bonds is 5. The highest BCUT2D eigenvalue weighted by Gasteiger charge is 2.52. The maximum absolute atomic E-state index is 9.78. The van der Waals surface area contributed by atoms with E-state index < -0.39 is 15.4 Å². The molecule has 0 fully saturated rings. The van der Waals surface area contributed by atoms with Gasteiger partial charge < -0.3 is 14.5 Å². The zero-order chi connectivity index (χ0) is 21.4. The second kappa shape index (κ2) is 8.12. The van der Waals surface area contributed by atoms with E-state index in [1.165, 1.54) is 10.4 Å². The molecule has 0 saturated heterocycles. The molecule has 1 aliphatic carbocycles. The summed E-state index contributed by atoms with van der Waals surface area (Å²) in [5, 5.41) is 21.9. The van der Waals surface area contributed by atoms with Crippen molar-refractivity contribution in [1.29, 1.82) is 0 Å². The van der Waals surface area contributed by atoms with Crippen molar-refractivity contribution < 1.29 is 14.5 Å². The molecule has 1 aliphatic rings. The molecule has 1 unspecified atom stereocenters. The smallest absolute Gasteiger partial charge is 0.423 e. The summed E-state index contributed by atoms with van der Waals surface area (Å²) in [4.78, 5) is 4.28. The number of hydrogen-bond acceptors (Lipinski definition) is 4. The number of benzene rings is 2. The molecule has 4 rings (SSSR count). The summed E-state index contributed by atoms with van der Waals surface area (Å²) < 4.78 is 7.23. The van der Waals surface area contributed by atoms with Gasteiger partial charge in [0.15, 0.2) is 0 Å². The van der Waals surface area contributed by atoms with Gasteiger partial charge in [-0.2, -0.15) is 0 Å². The topological polar surface area (TPSA) is 62.6 Å². The van der Waals surface area contributed by atoms with Crippen LogP contribution in [0.15, 0.2) is 73.1 Å². The SMILES string of the molecule is CC(C)(C)[Si](OC1CCc2c(B(O)O)cncc21)(c1ccccc1)c1ccccc1. The van der Waals surface area contributed by atoms with Crippen molar-refractivity contribution in [3.8, 4) is 0 Å². The molecule has 4 nitrogen and oxygen atoms in total. The minimum absolute atomic E-state index is 0.111. The first-order chi connectivity index (χ1) is 14.3. The molecule has 1 aromatic heterocycles. The fourth-order valence-corrected chi connectivity index (χ4v) is 9.45. The van der Waals surface area contributed by atoms with E-state index in [0.29, 0.717) is 5.46 Å². The van der Waals surface area contributed by atoms with Crippen LogP contribution < -0.4 is 15.8 Å². The van der Waals surface area contributed by atoms with E-state index in [2.05, 4.69) is 74.3 Å². The minimum Gasteiger partial charge on any atom is -0.423 e. The maximum atomic E-state index is 9.78. The van der Waals surface area contributed by atoms with Crippen LogP contribution in [0.5, 0.6) is 0 Å². The number of nitrogens with zero attached hydrogens (tertiary/aromatic N) is 1. The van der Waals surface area contributed by atoms with Gasteiger partial charge in [0.05, 0.1) is 6.10 Å². The van der Waals surface area contributed by atoms with Gasteiger partial charge in [-0.05, 0) is 33.8 Å². The van der Waals surface area contributed by atoms with Crippen molar-refractivity contribution in [1.82, 2.24) is 4.98 Å². The summed E-state index contributed by atoms with van der Waals surface area (Å²) >= 11 is 0. The number of pyridine rings is 1. The average molecular weight is 417 g/mol. The maximum Gasteiger partial charge on any atom is 0.490 e. The first-order valence-corrected chi connectivity index (χ1v) is 12.4. The van der Waals surface area contributed by atoms with Crippen molar-refractivity contribution >= 4 is 31.3 Å². The Hall–Kier alpha value is -2.25. The van der Waals surface area contributed by atoms with E-state index in [1.54, 1.807) is 6.20 Å². The molecule has 0 bridgehead atoms. The Balaban J connectivity index is 1.87. The molecule has 0 amide bonds. The molecule has 6 heteroatoms. The van der Waals surface area contributed by atoms with Gasteiger partial charge in [0.2, 0.25) is 0 Å². The van der Waals surface area contributed by atoms with Gasteiger partial charge in [-0.15, -0.1) is 0 Å². The third-order valence-corrected chi connectivity index (χ3v) is 11.2. The fraction of sp³-hybridized carbons (Fsp3) is 0.292. The molecular weight excluding hydrogens is 389 g/mol. The normalized spacial score (nSPS) is 16.4. The third kappa shape index (κ3) is 3.54. The Labute approximate surface area is 179 Å². The molecule has 2 aromatic carbocycles. The molecule has 0 saturated carbocycles. The van der Waals surface area contributed by atoms with Gasteiger partial charge in [-0.3, -0.25) is 4.98 Å². The van der Waals surface area contributed by atoms with Gasteiger partial charge in [0.25, 0.3) is 8.32 Å². The predicted octanol–water partition coefficient (Wildman–Crippen LogP) is 2.33. The molecule has 0 radical (unpaired) electrons. The Bertz CT molecular complexity index is 966. The Morgan fingerprint density at radius 1 is 0.933 bits per heavy atom. The molecule has 2 N–H and O–H groups in total. The molecule has 0 aliphatic heterocycles. The monoisotopic (exact) mass is 417 g/mol. The van der Waals surface area contributed by atoms with Crippen molar-refractivity contribution in [3.05, 3.63) is 84.2 Å². The number of aromatic nitrogens is 1. The molecule has 0 spiro atoms. The second-order valence-electron chi connectivity index (χ2n) is 8.98. The Kier molecular flexibility index (Phi) is 5.68. The molecule has 1 atom stereocenters. The first kappa shape index (κ1) is 21.0. The van der Waals surface area contributed by atoms with Crippen molar-refractivity contribution in [2.24, 2.45) is 0 Å². The van der Waals surface area contributed by atoms with E-state index in [4.69, 9.17) is 4.43 Å². The molecule has 154 valence electrons. The van der Waals surface area contributed by atoms with Crippen LogP contribution >= 0.6 is 0 Å². The lowest BCUT2D eigenvalue weighted by Gasteiger charge is -2.44. The lowest BCUT2D eigenvalue weighted by molar-refractivity contribution is 0.192. The summed E-state index contributed by atoms with van der Waals surface area (Å²) in [6.07, 6.45) is 4.82. The second-order valence-corrected chi connectivity index (χ2v) is 13.2. The summed E-state index contributed by atoms with van der Waals surface area (Å²) in [7, 11) is -4.19. The van der Waals surface area contributed by atoms with E-state index in [1.807, 2.05) is 18.3 Å². The van der Waals surface area contributed by atoms with Crippen LogP contribution in [-0.2, 0) is 10.8 Å². The van der Waals surface area contributed by atoms with Crippen molar-refractivity contribution in [3.63, 3.8) is 0 Å². The van der Waals surface area contributed by atoms with Gasteiger partial charge in [-0.25, -0.2) is 0 Å². The lowest BCUT2D eigenvalue weighted by atomic mass is 9.77. The van der Waals surface area contributed by atoms with E-state index >= 15 is 0 Å². The van der Waals surface area contributed by atoms with Crippen molar-refractivity contribution in [2.75, 3.05) is 0 Å². The van der Waals surface area contributed by atoms with E-state index in [-0.39, 0.29) is 11.1 Å². The minimum atomic E-state index is -2.68. The molecular formula is C24H28BNO3Si. The third-order valence-electron chi connectivity index (χ3n) is 6.14. The lowest BCUT2D eigenvalue weighted by Crippen LogP contribution is -2.66. The van der Waals surface area contributed by atoms with Gasteiger partial charge >= 0.3 is 7.12 Å². The molecule has 30 heavy (non-hydrogen) atoms. The highest BCUT2D eigenvalue weighted by atomic mass is 28.4. The summed E-state index contributed by atoms with van der Waals surface area (Å²) in [6, 6.07) is 21.2. The van der Waals surface area contributed by atoms with Crippen LogP contribution in [0.1, 0.15) is 44.4 Å². The van der Waals surface area contributed by atoms with Crippen LogP contribution in [0, 0.1) is 0 Å². The van der Waals surface area contributed by atoms with Crippen molar-refractivity contribution in [2.45, 2.75) is 44.8 Å². The highest BCUT2D eigenvalue weighted by molar-refractivity contribution is 6.99. The summed E-state index contributed by atoms with van der Waals surface area (Å²) in [6.45, 7) is 6.80. The fourth-order valence-electron chi connectivity index (χ4n) is 4.77. The average Bonchev–Trinajstić information content (AvgIpc) is 3.15. The van der Waals surface area contributed by atoms with Crippen LogP contribution in [-0.4, -0.2) is 30.5 Å². The quantitative estimate of drug-likeness (QED) is 0.626. The molecule has 1 heterocycles. The van der Waals surface area contributed by atoms with Gasteiger partial charge in [0.1, 0.15) is 0 Å². The number of fused-ring (bicyclic) bond motifs is 1. The zero-order valence-corrected chi connectivity index (χ0v) is 18.7. The standard InChI is InChI=1S/C24H28BNO3Si/c1-24(2,3)30(18-10-6-4-7-11-18,19-12-8-5-9-13-19)29-23-15-14-20-21(23)16-26-17-22(20)25(27)28/h4-13,16-17,23,27-28H,14-15H2,1-3H3. The Morgan fingerprint density at radius 3 is 2.00 bits per heavy atom. The number of hydrogen-bond donors (Lipinski definition) is 2. The predicted molar refractivity (Wildman–Crippen MR) is 124 cm³/mol. The first-order valence-electron chi connectivity index (χ1n) is 10.5. The Morgan fingerprint density at radius 2 is 1.50 bits per heavy atom. The van der Waals surface area contributed by atoms with Crippen LogP contribution in [0.2, 0.25) is 5.04 Å². The van der Waals surface area contributed by atoms with Gasteiger partial charge in [0, 0.05) is 23.4 Å². The van der Waals surface area contributed by atoms with Crippen LogP contribution in [0.25, 0.3) is 0 Å². The highest BCUT2D eigenvalue weighted by Crippen LogP contribution is 2.43.